The lowest BCUT2D eigenvalue weighted by atomic mass is 9.84. The van der Waals surface area contributed by atoms with Gasteiger partial charge < -0.3 is 5.11 Å². The molecule has 0 spiro atoms. The van der Waals surface area contributed by atoms with Crippen LogP contribution in [-0.4, -0.2) is 22.6 Å². The zero-order chi connectivity index (χ0) is 9.73. The fourth-order valence-corrected chi connectivity index (χ4v) is 2.86. The third-order valence-corrected chi connectivity index (χ3v) is 3.84. The second-order valence-electron chi connectivity index (χ2n) is 3.74. The number of aliphatic carboxylic acids is 1. The van der Waals surface area contributed by atoms with Crippen LogP contribution in [-0.2, 0) is 4.79 Å². The van der Waals surface area contributed by atoms with Crippen LogP contribution >= 0.6 is 11.8 Å². The van der Waals surface area contributed by atoms with Gasteiger partial charge in [-0.2, -0.15) is 11.8 Å². The quantitative estimate of drug-likeness (QED) is 0.696. The van der Waals surface area contributed by atoms with Crippen LogP contribution in [0.2, 0.25) is 0 Å². The van der Waals surface area contributed by atoms with Gasteiger partial charge in [0.05, 0.1) is 5.41 Å². The molecule has 0 aromatic rings. The van der Waals surface area contributed by atoms with Crippen molar-refractivity contribution in [3.05, 3.63) is 0 Å². The van der Waals surface area contributed by atoms with Gasteiger partial charge in [0, 0.05) is 0 Å². The average Bonchev–Trinajstić information content (AvgIpc) is 2.55. The lowest BCUT2D eigenvalue weighted by molar-refractivity contribution is -0.148. The molecule has 1 aliphatic rings. The van der Waals surface area contributed by atoms with Gasteiger partial charge in [-0.15, -0.1) is 0 Å². The molecule has 0 heterocycles. The number of hydrogen-bond acceptors (Lipinski definition) is 2. The summed E-state index contributed by atoms with van der Waals surface area (Å²) in [7, 11) is 0. The highest BCUT2D eigenvalue weighted by Crippen LogP contribution is 2.41. The van der Waals surface area contributed by atoms with E-state index >= 15 is 0 Å². The lowest BCUT2D eigenvalue weighted by Gasteiger charge is -2.23. The van der Waals surface area contributed by atoms with Crippen LogP contribution in [0.3, 0.4) is 0 Å². The predicted octanol–water partition coefficient (Wildman–Crippen LogP) is 2.77. The molecular weight excluding hydrogens is 184 g/mol. The Labute approximate surface area is 84.1 Å². The molecule has 2 nitrogen and oxygen atoms in total. The maximum absolute atomic E-state index is 11.1. The topological polar surface area (TPSA) is 37.3 Å². The summed E-state index contributed by atoms with van der Waals surface area (Å²) in [6.45, 7) is 2.12. The Bertz CT molecular complexity index is 174. The van der Waals surface area contributed by atoms with E-state index in [0.29, 0.717) is 0 Å². The third-order valence-electron chi connectivity index (χ3n) is 2.94. The lowest BCUT2D eigenvalue weighted by Crippen LogP contribution is -2.28. The van der Waals surface area contributed by atoms with Gasteiger partial charge in [0.1, 0.15) is 0 Å². The molecule has 0 aliphatic heterocycles. The fourth-order valence-electron chi connectivity index (χ4n) is 2.03. The molecule has 1 aliphatic carbocycles. The molecule has 1 rings (SSSR count). The fraction of sp³-hybridized carbons (Fsp3) is 0.900. The molecule has 0 aromatic carbocycles. The Morgan fingerprint density at radius 2 is 2.08 bits per heavy atom. The van der Waals surface area contributed by atoms with Gasteiger partial charge in [-0.1, -0.05) is 19.8 Å². The molecule has 3 heteroatoms. The van der Waals surface area contributed by atoms with Crippen LogP contribution < -0.4 is 0 Å². The van der Waals surface area contributed by atoms with E-state index in [-0.39, 0.29) is 5.41 Å². The Kier molecular flexibility index (Phi) is 4.10. The standard InChI is InChI=1S/C10H18O2S/c1-2-13-8-7-10(9(11)12)5-3-4-6-10/h2-8H2,1H3,(H,11,12). The number of carboxylic acids is 1. The maximum Gasteiger partial charge on any atom is 0.309 e. The van der Waals surface area contributed by atoms with Gasteiger partial charge in [0.2, 0.25) is 0 Å². The molecule has 0 bridgehead atoms. The first kappa shape index (κ1) is 10.9. The Morgan fingerprint density at radius 1 is 1.46 bits per heavy atom. The Balaban J connectivity index is 2.43. The van der Waals surface area contributed by atoms with Gasteiger partial charge >= 0.3 is 5.97 Å². The van der Waals surface area contributed by atoms with Crippen molar-refractivity contribution in [2.45, 2.75) is 39.0 Å². The molecule has 0 unspecified atom stereocenters. The van der Waals surface area contributed by atoms with Crippen molar-refractivity contribution in [3.8, 4) is 0 Å². The molecule has 1 fully saturated rings. The molecular formula is C10H18O2S. The second kappa shape index (κ2) is 4.89. The minimum atomic E-state index is -0.568. The van der Waals surface area contributed by atoms with Crippen molar-refractivity contribution in [3.63, 3.8) is 0 Å². The third kappa shape index (κ3) is 2.63. The highest BCUT2D eigenvalue weighted by Gasteiger charge is 2.40. The summed E-state index contributed by atoms with van der Waals surface area (Å²) in [6.07, 6.45) is 4.85. The number of carboxylic acid groups (broad SMARTS) is 1. The van der Waals surface area contributed by atoms with Crippen LogP contribution in [0.1, 0.15) is 39.0 Å². The van der Waals surface area contributed by atoms with Gasteiger partial charge in [0.15, 0.2) is 0 Å². The summed E-state index contributed by atoms with van der Waals surface area (Å²) in [4.78, 5) is 11.1. The number of hydrogen-bond donors (Lipinski definition) is 1. The van der Waals surface area contributed by atoms with Gasteiger partial charge in [0.25, 0.3) is 0 Å². The van der Waals surface area contributed by atoms with Crippen molar-refractivity contribution in [2.24, 2.45) is 5.41 Å². The predicted molar refractivity (Wildman–Crippen MR) is 56.2 cm³/mol. The van der Waals surface area contributed by atoms with Gasteiger partial charge in [-0.05, 0) is 30.8 Å². The van der Waals surface area contributed by atoms with Crippen molar-refractivity contribution < 1.29 is 9.90 Å². The van der Waals surface area contributed by atoms with E-state index in [2.05, 4.69) is 6.92 Å². The monoisotopic (exact) mass is 202 g/mol. The first-order valence-electron chi connectivity index (χ1n) is 5.02. The summed E-state index contributed by atoms with van der Waals surface area (Å²) in [5.74, 6) is 1.53. The van der Waals surface area contributed by atoms with Crippen LogP contribution in [0, 0.1) is 5.41 Å². The molecule has 0 saturated heterocycles. The Hall–Kier alpha value is -0.180. The SMILES string of the molecule is CCSCCC1(C(=O)O)CCCC1. The number of rotatable bonds is 5. The molecule has 76 valence electrons. The molecule has 1 saturated carbocycles. The van der Waals surface area contributed by atoms with Crippen molar-refractivity contribution in [2.75, 3.05) is 11.5 Å². The van der Waals surface area contributed by atoms with Crippen molar-refractivity contribution in [1.29, 1.82) is 0 Å². The van der Waals surface area contributed by atoms with E-state index in [1.54, 1.807) is 0 Å². The molecule has 0 amide bonds. The first-order chi connectivity index (χ1) is 6.21. The second-order valence-corrected chi connectivity index (χ2v) is 5.13. The van der Waals surface area contributed by atoms with Gasteiger partial charge in [-0.3, -0.25) is 4.79 Å². The maximum atomic E-state index is 11.1. The summed E-state index contributed by atoms with van der Waals surface area (Å²) < 4.78 is 0. The largest absolute Gasteiger partial charge is 0.481 e. The minimum Gasteiger partial charge on any atom is -0.481 e. The summed E-state index contributed by atoms with van der Waals surface area (Å²) in [6, 6.07) is 0. The van der Waals surface area contributed by atoms with E-state index in [0.717, 1.165) is 43.6 Å². The molecule has 13 heavy (non-hydrogen) atoms. The number of carbonyl (C=O) groups is 1. The molecule has 1 N–H and O–H groups in total. The first-order valence-corrected chi connectivity index (χ1v) is 6.18. The average molecular weight is 202 g/mol. The minimum absolute atomic E-state index is 0.359. The highest BCUT2D eigenvalue weighted by molar-refractivity contribution is 7.99. The van der Waals surface area contributed by atoms with Crippen LogP contribution in [0.15, 0.2) is 0 Å². The summed E-state index contributed by atoms with van der Waals surface area (Å²) >= 11 is 1.85. The van der Waals surface area contributed by atoms with E-state index in [1.807, 2.05) is 11.8 Å². The molecule has 0 aromatic heterocycles. The van der Waals surface area contributed by atoms with E-state index < -0.39 is 5.97 Å². The van der Waals surface area contributed by atoms with Crippen LogP contribution in [0.25, 0.3) is 0 Å². The Morgan fingerprint density at radius 3 is 2.54 bits per heavy atom. The van der Waals surface area contributed by atoms with E-state index in [1.165, 1.54) is 0 Å². The van der Waals surface area contributed by atoms with Crippen LogP contribution in [0.4, 0.5) is 0 Å². The van der Waals surface area contributed by atoms with Crippen molar-refractivity contribution in [1.82, 2.24) is 0 Å². The summed E-state index contributed by atoms with van der Waals surface area (Å²) in [5.41, 5.74) is -0.359. The normalized spacial score (nSPS) is 20.4. The van der Waals surface area contributed by atoms with Crippen molar-refractivity contribution >= 4 is 17.7 Å². The number of thioether (sulfide) groups is 1. The van der Waals surface area contributed by atoms with E-state index in [9.17, 15) is 4.79 Å². The van der Waals surface area contributed by atoms with Gasteiger partial charge in [-0.25, -0.2) is 0 Å². The summed E-state index contributed by atoms with van der Waals surface area (Å²) in [5, 5.41) is 9.15. The molecule has 0 radical (unpaired) electrons. The van der Waals surface area contributed by atoms with E-state index in [4.69, 9.17) is 5.11 Å². The smallest absolute Gasteiger partial charge is 0.309 e. The molecule has 0 atom stereocenters. The zero-order valence-corrected chi connectivity index (χ0v) is 9.03. The zero-order valence-electron chi connectivity index (χ0n) is 8.21. The highest BCUT2D eigenvalue weighted by atomic mass is 32.2. The van der Waals surface area contributed by atoms with Crippen LogP contribution in [0.5, 0.6) is 0 Å².